The van der Waals surface area contributed by atoms with Gasteiger partial charge in [0.25, 0.3) is 0 Å². The fourth-order valence-electron chi connectivity index (χ4n) is 1.94. The van der Waals surface area contributed by atoms with Crippen molar-refractivity contribution >= 4 is 21.9 Å². The molecule has 1 aromatic rings. The predicted octanol–water partition coefficient (Wildman–Crippen LogP) is -1.09. The molecule has 0 saturated carbocycles. The number of nitrogens with one attached hydrogen (secondary N) is 2. The molecule has 0 aromatic carbocycles. The van der Waals surface area contributed by atoms with Gasteiger partial charge < -0.3 is 10.4 Å². The lowest BCUT2D eigenvalue weighted by atomic mass is 10.1. The quantitative estimate of drug-likeness (QED) is 0.611. The number of hydrogen-bond donors (Lipinski definition) is 3. The Hall–Kier alpha value is -1.94. The molecular formula is C11H16N4O5S. The van der Waals surface area contributed by atoms with Crippen LogP contribution >= 0.6 is 0 Å². The zero-order valence-electron chi connectivity index (χ0n) is 11.2. The number of carbonyl (C=O) groups is 2. The Morgan fingerprint density at radius 3 is 2.95 bits per heavy atom. The summed E-state index contributed by atoms with van der Waals surface area (Å²) in [6.07, 6.45) is 3.05. The molecule has 2 heterocycles. The first-order valence-electron chi connectivity index (χ1n) is 6.40. The zero-order valence-corrected chi connectivity index (χ0v) is 12.0. The Kier molecular flexibility index (Phi) is 4.58. The van der Waals surface area contributed by atoms with Gasteiger partial charge in [0.1, 0.15) is 4.90 Å². The first-order chi connectivity index (χ1) is 9.87. The van der Waals surface area contributed by atoms with E-state index in [0.717, 1.165) is 0 Å². The van der Waals surface area contributed by atoms with E-state index in [9.17, 15) is 18.0 Å². The fourth-order valence-corrected chi connectivity index (χ4v) is 3.16. The van der Waals surface area contributed by atoms with E-state index in [1.807, 2.05) is 0 Å². The lowest BCUT2D eigenvalue weighted by Gasteiger charge is -2.22. The molecule has 2 rings (SSSR count). The van der Waals surface area contributed by atoms with Gasteiger partial charge in [0.15, 0.2) is 0 Å². The van der Waals surface area contributed by atoms with E-state index in [4.69, 9.17) is 5.11 Å². The zero-order chi connectivity index (χ0) is 15.5. The molecule has 0 spiro atoms. The fraction of sp³-hybridized carbons (Fsp3) is 0.545. The highest BCUT2D eigenvalue weighted by Gasteiger charge is 2.25. The summed E-state index contributed by atoms with van der Waals surface area (Å²) in [5, 5.41) is 15.0. The van der Waals surface area contributed by atoms with Crippen molar-refractivity contribution in [2.75, 3.05) is 6.54 Å². The standard InChI is InChI=1S/C11H16N4O5S/c16-10-2-1-8(5-12-10)14-21(19,20)9-6-13-15(7-9)4-3-11(17)18/h6-8,14H,1-5H2,(H,12,16)(H,17,18). The van der Waals surface area contributed by atoms with Crippen molar-refractivity contribution in [3.8, 4) is 0 Å². The topological polar surface area (TPSA) is 130 Å². The van der Waals surface area contributed by atoms with Gasteiger partial charge in [0.2, 0.25) is 15.9 Å². The van der Waals surface area contributed by atoms with Crippen molar-refractivity contribution in [1.29, 1.82) is 0 Å². The third-order valence-electron chi connectivity index (χ3n) is 3.06. The summed E-state index contributed by atoms with van der Waals surface area (Å²) in [5.74, 6) is -1.07. The Morgan fingerprint density at radius 1 is 1.57 bits per heavy atom. The van der Waals surface area contributed by atoms with Crippen molar-refractivity contribution in [3.63, 3.8) is 0 Å². The smallest absolute Gasteiger partial charge is 0.305 e. The number of aliphatic carboxylic acids is 1. The van der Waals surface area contributed by atoms with Crippen molar-refractivity contribution < 1.29 is 23.1 Å². The predicted molar refractivity (Wildman–Crippen MR) is 70.8 cm³/mol. The molecule has 10 heteroatoms. The molecule has 0 radical (unpaired) electrons. The number of piperidine rings is 1. The molecule has 1 unspecified atom stereocenters. The van der Waals surface area contributed by atoms with Crippen LogP contribution in [0.1, 0.15) is 19.3 Å². The van der Waals surface area contributed by atoms with Gasteiger partial charge in [-0.1, -0.05) is 0 Å². The highest BCUT2D eigenvalue weighted by atomic mass is 32.2. The molecule has 1 fully saturated rings. The molecular weight excluding hydrogens is 300 g/mol. The molecule has 0 aliphatic carbocycles. The van der Waals surface area contributed by atoms with Crippen LogP contribution in [-0.4, -0.2) is 47.8 Å². The van der Waals surface area contributed by atoms with E-state index in [1.165, 1.54) is 17.1 Å². The normalized spacial score (nSPS) is 19.2. The van der Waals surface area contributed by atoms with Gasteiger partial charge in [-0.2, -0.15) is 5.10 Å². The minimum atomic E-state index is -3.73. The summed E-state index contributed by atoms with van der Waals surface area (Å²) < 4.78 is 28.0. The lowest BCUT2D eigenvalue weighted by molar-refractivity contribution is -0.137. The maximum absolute atomic E-state index is 12.1. The molecule has 1 aliphatic rings. The van der Waals surface area contributed by atoms with Crippen LogP contribution in [0.2, 0.25) is 0 Å². The van der Waals surface area contributed by atoms with Crippen LogP contribution in [0.25, 0.3) is 0 Å². The Bertz CT molecular complexity index is 629. The van der Waals surface area contributed by atoms with E-state index < -0.39 is 16.0 Å². The number of aromatic nitrogens is 2. The van der Waals surface area contributed by atoms with Gasteiger partial charge in [-0.05, 0) is 6.42 Å². The number of hydrogen-bond acceptors (Lipinski definition) is 5. The van der Waals surface area contributed by atoms with Crippen LogP contribution in [-0.2, 0) is 26.2 Å². The van der Waals surface area contributed by atoms with Gasteiger partial charge in [-0.25, -0.2) is 13.1 Å². The van der Waals surface area contributed by atoms with E-state index in [0.29, 0.717) is 6.42 Å². The largest absolute Gasteiger partial charge is 0.481 e. The van der Waals surface area contributed by atoms with Crippen LogP contribution < -0.4 is 10.0 Å². The minimum Gasteiger partial charge on any atom is -0.481 e. The maximum atomic E-state index is 12.1. The van der Waals surface area contributed by atoms with Gasteiger partial charge in [0.05, 0.1) is 19.2 Å². The Morgan fingerprint density at radius 2 is 2.33 bits per heavy atom. The molecule has 116 valence electrons. The lowest BCUT2D eigenvalue weighted by Crippen LogP contribution is -2.47. The number of aryl methyl sites for hydroxylation is 1. The van der Waals surface area contributed by atoms with Crippen LogP contribution in [0.5, 0.6) is 0 Å². The average molecular weight is 316 g/mol. The molecule has 9 nitrogen and oxygen atoms in total. The molecule has 0 bridgehead atoms. The van der Waals surface area contributed by atoms with E-state index in [2.05, 4.69) is 15.1 Å². The van der Waals surface area contributed by atoms with Crippen LogP contribution in [0.3, 0.4) is 0 Å². The summed E-state index contributed by atoms with van der Waals surface area (Å²) in [6, 6.07) is -0.352. The van der Waals surface area contributed by atoms with Gasteiger partial charge in [-0.15, -0.1) is 0 Å². The van der Waals surface area contributed by atoms with Crippen molar-refractivity contribution in [3.05, 3.63) is 12.4 Å². The molecule has 1 atom stereocenters. The summed E-state index contributed by atoms with van der Waals surface area (Å²) in [7, 11) is -3.73. The number of sulfonamides is 1. The number of nitrogens with zero attached hydrogens (tertiary/aromatic N) is 2. The minimum absolute atomic E-state index is 0.0233. The SMILES string of the molecule is O=C(O)CCn1cc(S(=O)(=O)NC2CCC(=O)NC2)cn1. The average Bonchev–Trinajstić information content (AvgIpc) is 2.88. The third-order valence-corrected chi connectivity index (χ3v) is 4.54. The summed E-state index contributed by atoms with van der Waals surface area (Å²) >= 11 is 0. The van der Waals surface area contributed by atoms with Crippen LogP contribution in [0, 0.1) is 0 Å². The van der Waals surface area contributed by atoms with Crippen LogP contribution in [0.15, 0.2) is 17.3 Å². The summed E-state index contributed by atoms with van der Waals surface area (Å²) in [5.41, 5.74) is 0. The first kappa shape index (κ1) is 15.4. The second-order valence-corrected chi connectivity index (χ2v) is 6.46. The van der Waals surface area contributed by atoms with Crippen molar-refractivity contribution in [1.82, 2.24) is 19.8 Å². The number of carboxylic acids is 1. The van der Waals surface area contributed by atoms with E-state index in [1.54, 1.807) is 0 Å². The summed E-state index contributed by atoms with van der Waals surface area (Å²) in [6.45, 7) is 0.357. The molecule has 21 heavy (non-hydrogen) atoms. The van der Waals surface area contributed by atoms with Gasteiger partial charge >= 0.3 is 5.97 Å². The molecule has 1 saturated heterocycles. The van der Waals surface area contributed by atoms with Crippen molar-refractivity contribution in [2.24, 2.45) is 0 Å². The second-order valence-electron chi connectivity index (χ2n) is 4.74. The monoisotopic (exact) mass is 316 g/mol. The summed E-state index contributed by atoms with van der Waals surface area (Å²) in [4.78, 5) is 21.5. The van der Waals surface area contributed by atoms with Crippen LogP contribution in [0.4, 0.5) is 0 Å². The molecule has 3 N–H and O–H groups in total. The Balaban J connectivity index is 1.99. The number of carboxylic acid groups (broad SMARTS) is 1. The highest BCUT2D eigenvalue weighted by Crippen LogP contribution is 2.11. The molecule has 1 amide bonds. The van der Waals surface area contributed by atoms with E-state index in [-0.39, 0.29) is 42.8 Å². The third kappa shape index (κ3) is 4.26. The maximum Gasteiger partial charge on any atom is 0.305 e. The Labute approximate surface area is 121 Å². The van der Waals surface area contributed by atoms with Gasteiger partial charge in [-0.3, -0.25) is 14.3 Å². The number of rotatable bonds is 6. The molecule has 1 aliphatic heterocycles. The highest BCUT2D eigenvalue weighted by molar-refractivity contribution is 7.89. The first-order valence-corrected chi connectivity index (χ1v) is 7.88. The molecule has 1 aromatic heterocycles. The number of carbonyl (C=O) groups excluding carboxylic acids is 1. The number of amides is 1. The second kappa shape index (κ2) is 6.22. The van der Waals surface area contributed by atoms with Gasteiger partial charge in [0, 0.05) is 25.2 Å². The van der Waals surface area contributed by atoms with Crippen molar-refractivity contribution in [2.45, 2.75) is 36.7 Å². The van der Waals surface area contributed by atoms with E-state index >= 15 is 0 Å².